The van der Waals surface area contributed by atoms with E-state index >= 15 is 0 Å². The molecule has 0 bridgehead atoms. The van der Waals surface area contributed by atoms with Crippen LogP contribution in [0, 0.1) is 0 Å². The molecule has 5 heteroatoms. The number of halogens is 1. The highest BCUT2D eigenvalue weighted by molar-refractivity contribution is 9.10. The smallest absolute Gasteiger partial charge is 0.171 e. The highest BCUT2D eigenvalue weighted by Gasteiger charge is 2.06. The number of benzene rings is 1. The molecular weight excluding hydrogens is 296 g/mol. The van der Waals surface area contributed by atoms with Gasteiger partial charge in [0.2, 0.25) is 0 Å². The number of nitrogens with two attached hydrogens (primary N) is 1. The maximum absolute atomic E-state index is 8.62. The Kier molecular flexibility index (Phi) is 6.57. The molecule has 0 saturated carbocycles. The van der Waals surface area contributed by atoms with E-state index < -0.39 is 0 Å². The maximum Gasteiger partial charge on any atom is 0.171 e. The summed E-state index contributed by atoms with van der Waals surface area (Å²) in [5, 5.41) is 11.6. The van der Waals surface area contributed by atoms with Crippen molar-refractivity contribution in [3.8, 4) is 5.75 Å². The first-order chi connectivity index (χ1) is 8.69. The van der Waals surface area contributed by atoms with Gasteiger partial charge in [-0.25, -0.2) is 0 Å². The minimum atomic E-state index is 0.0800. The fourth-order valence-corrected chi connectivity index (χ4v) is 2.13. The SMILES string of the molecule is CCCCCCOc1ccc(/C(N)=N/O)c(Br)c1. The van der Waals surface area contributed by atoms with Crippen LogP contribution in [0.3, 0.4) is 0 Å². The first kappa shape index (κ1) is 14.8. The molecule has 0 aromatic heterocycles. The summed E-state index contributed by atoms with van der Waals surface area (Å²) < 4.78 is 6.38. The van der Waals surface area contributed by atoms with E-state index in [2.05, 4.69) is 28.0 Å². The summed E-state index contributed by atoms with van der Waals surface area (Å²) in [6, 6.07) is 5.41. The minimum Gasteiger partial charge on any atom is -0.494 e. The van der Waals surface area contributed by atoms with Gasteiger partial charge in [-0.05, 0) is 40.5 Å². The minimum absolute atomic E-state index is 0.0800. The van der Waals surface area contributed by atoms with Gasteiger partial charge in [-0.3, -0.25) is 0 Å². The van der Waals surface area contributed by atoms with Crippen LogP contribution in [0.2, 0.25) is 0 Å². The molecule has 0 aliphatic carbocycles. The molecule has 1 aromatic rings. The molecule has 0 unspecified atom stereocenters. The van der Waals surface area contributed by atoms with Crippen LogP contribution in [-0.2, 0) is 0 Å². The molecule has 18 heavy (non-hydrogen) atoms. The van der Waals surface area contributed by atoms with Gasteiger partial charge < -0.3 is 15.7 Å². The number of amidine groups is 1. The first-order valence-electron chi connectivity index (χ1n) is 6.09. The van der Waals surface area contributed by atoms with Crippen LogP contribution in [0.25, 0.3) is 0 Å². The second-order valence-electron chi connectivity index (χ2n) is 4.04. The Balaban J connectivity index is 2.51. The highest BCUT2D eigenvalue weighted by atomic mass is 79.9. The van der Waals surface area contributed by atoms with Crippen molar-refractivity contribution in [3.63, 3.8) is 0 Å². The predicted molar refractivity (Wildman–Crippen MR) is 76.3 cm³/mol. The normalized spacial score (nSPS) is 11.6. The Morgan fingerprint density at radius 3 is 2.78 bits per heavy atom. The largest absolute Gasteiger partial charge is 0.494 e. The lowest BCUT2D eigenvalue weighted by Crippen LogP contribution is -2.13. The van der Waals surface area contributed by atoms with Gasteiger partial charge in [-0.15, -0.1) is 0 Å². The Morgan fingerprint density at radius 1 is 1.39 bits per heavy atom. The van der Waals surface area contributed by atoms with Gasteiger partial charge in [-0.2, -0.15) is 0 Å². The molecule has 3 N–H and O–H groups in total. The van der Waals surface area contributed by atoms with Gasteiger partial charge in [-0.1, -0.05) is 31.3 Å². The predicted octanol–water partition coefficient (Wildman–Crippen LogP) is 3.50. The van der Waals surface area contributed by atoms with Gasteiger partial charge in [0.1, 0.15) is 5.75 Å². The number of nitrogens with zero attached hydrogens (tertiary/aromatic N) is 1. The van der Waals surface area contributed by atoms with Gasteiger partial charge in [0.15, 0.2) is 5.84 Å². The van der Waals surface area contributed by atoms with E-state index in [-0.39, 0.29) is 5.84 Å². The van der Waals surface area contributed by atoms with E-state index in [0.717, 1.165) is 23.2 Å². The zero-order valence-corrected chi connectivity index (χ0v) is 12.1. The molecule has 0 saturated heterocycles. The summed E-state index contributed by atoms with van der Waals surface area (Å²) in [4.78, 5) is 0. The summed E-state index contributed by atoms with van der Waals surface area (Å²) in [6.07, 6.45) is 4.73. The summed E-state index contributed by atoms with van der Waals surface area (Å²) >= 11 is 3.37. The molecule has 1 rings (SSSR count). The molecule has 100 valence electrons. The average Bonchev–Trinajstić information content (AvgIpc) is 2.38. The quantitative estimate of drug-likeness (QED) is 0.266. The van der Waals surface area contributed by atoms with Crippen molar-refractivity contribution >= 4 is 21.8 Å². The van der Waals surface area contributed by atoms with E-state index in [1.807, 2.05) is 12.1 Å². The number of oxime groups is 1. The van der Waals surface area contributed by atoms with Crippen molar-refractivity contribution in [2.45, 2.75) is 32.6 Å². The van der Waals surface area contributed by atoms with Crippen molar-refractivity contribution < 1.29 is 9.94 Å². The van der Waals surface area contributed by atoms with Crippen LogP contribution in [0.4, 0.5) is 0 Å². The number of hydrogen-bond acceptors (Lipinski definition) is 3. The van der Waals surface area contributed by atoms with Crippen molar-refractivity contribution in [3.05, 3.63) is 28.2 Å². The Bertz CT molecular complexity index is 408. The third-order valence-electron chi connectivity index (χ3n) is 2.59. The van der Waals surface area contributed by atoms with Crippen LogP contribution in [0.1, 0.15) is 38.2 Å². The van der Waals surface area contributed by atoms with E-state index in [0.29, 0.717) is 5.56 Å². The molecule has 0 fully saturated rings. The maximum atomic E-state index is 8.62. The van der Waals surface area contributed by atoms with E-state index in [1.54, 1.807) is 6.07 Å². The fourth-order valence-electron chi connectivity index (χ4n) is 1.57. The number of ether oxygens (including phenoxy) is 1. The van der Waals surface area contributed by atoms with Gasteiger partial charge in [0.05, 0.1) is 6.61 Å². The Labute approximate surface area is 116 Å². The Morgan fingerprint density at radius 2 is 2.17 bits per heavy atom. The van der Waals surface area contributed by atoms with Crippen molar-refractivity contribution in [2.24, 2.45) is 10.9 Å². The summed E-state index contributed by atoms with van der Waals surface area (Å²) in [5.74, 6) is 0.865. The van der Waals surface area contributed by atoms with Crippen molar-refractivity contribution in [2.75, 3.05) is 6.61 Å². The van der Waals surface area contributed by atoms with E-state index in [4.69, 9.17) is 15.7 Å². The molecule has 1 aromatic carbocycles. The Hall–Kier alpha value is -1.23. The molecule has 0 radical (unpaired) electrons. The summed E-state index contributed by atoms with van der Waals surface area (Å²) in [5.41, 5.74) is 6.18. The van der Waals surface area contributed by atoms with Crippen LogP contribution >= 0.6 is 15.9 Å². The third-order valence-corrected chi connectivity index (χ3v) is 3.25. The standard InChI is InChI=1S/C13H19BrN2O2/c1-2-3-4-5-8-18-10-6-7-11(12(14)9-10)13(15)16-17/h6-7,9,17H,2-5,8H2,1H3,(H2,15,16). The topological polar surface area (TPSA) is 67.8 Å². The van der Waals surface area contributed by atoms with Crippen LogP contribution in [0.5, 0.6) is 5.75 Å². The molecule has 0 heterocycles. The molecule has 4 nitrogen and oxygen atoms in total. The second-order valence-corrected chi connectivity index (χ2v) is 4.89. The monoisotopic (exact) mass is 314 g/mol. The van der Waals surface area contributed by atoms with Crippen LogP contribution in [0.15, 0.2) is 27.8 Å². The highest BCUT2D eigenvalue weighted by Crippen LogP contribution is 2.23. The van der Waals surface area contributed by atoms with Crippen LogP contribution in [-0.4, -0.2) is 17.6 Å². The molecular formula is C13H19BrN2O2. The van der Waals surface area contributed by atoms with E-state index in [1.165, 1.54) is 19.3 Å². The molecule has 0 aliphatic rings. The zero-order valence-electron chi connectivity index (χ0n) is 10.5. The summed E-state index contributed by atoms with van der Waals surface area (Å²) in [6.45, 7) is 2.90. The van der Waals surface area contributed by atoms with Crippen molar-refractivity contribution in [1.82, 2.24) is 0 Å². The number of hydrogen-bond donors (Lipinski definition) is 2. The first-order valence-corrected chi connectivity index (χ1v) is 6.88. The van der Waals surface area contributed by atoms with Gasteiger partial charge >= 0.3 is 0 Å². The van der Waals surface area contributed by atoms with E-state index in [9.17, 15) is 0 Å². The van der Waals surface area contributed by atoms with Crippen LogP contribution < -0.4 is 10.5 Å². The lowest BCUT2D eigenvalue weighted by Gasteiger charge is -2.08. The van der Waals surface area contributed by atoms with Gasteiger partial charge in [0.25, 0.3) is 0 Å². The van der Waals surface area contributed by atoms with Gasteiger partial charge in [0, 0.05) is 10.0 Å². The number of rotatable bonds is 7. The third kappa shape index (κ3) is 4.56. The number of unbranched alkanes of at least 4 members (excludes halogenated alkanes) is 3. The molecule has 0 aliphatic heterocycles. The fraction of sp³-hybridized carbons (Fsp3) is 0.462. The molecule has 0 amide bonds. The lowest BCUT2D eigenvalue weighted by molar-refractivity contribution is 0.305. The lowest BCUT2D eigenvalue weighted by atomic mass is 10.2. The molecule has 0 spiro atoms. The van der Waals surface area contributed by atoms with Crippen molar-refractivity contribution in [1.29, 1.82) is 0 Å². The zero-order chi connectivity index (χ0) is 13.4. The average molecular weight is 315 g/mol. The summed E-state index contributed by atoms with van der Waals surface area (Å²) in [7, 11) is 0. The second kappa shape index (κ2) is 7.97. The molecule has 0 atom stereocenters.